The van der Waals surface area contributed by atoms with Crippen LogP contribution in [-0.4, -0.2) is 20.7 Å². The molecule has 4 aromatic rings. The van der Waals surface area contributed by atoms with Gasteiger partial charge in [0.1, 0.15) is 5.82 Å². The van der Waals surface area contributed by atoms with E-state index < -0.39 is 0 Å². The normalized spacial score (nSPS) is 11.0. The van der Waals surface area contributed by atoms with Gasteiger partial charge in [0, 0.05) is 35.0 Å². The van der Waals surface area contributed by atoms with E-state index in [4.69, 9.17) is 0 Å². The third kappa shape index (κ3) is 4.05. The molecule has 7 heteroatoms. The van der Waals surface area contributed by atoms with Gasteiger partial charge in [-0.2, -0.15) is 5.10 Å². The van der Waals surface area contributed by atoms with Crippen LogP contribution in [0.2, 0.25) is 0 Å². The molecule has 0 aliphatic rings. The van der Waals surface area contributed by atoms with Crippen molar-refractivity contribution in [2.24, 2.45) is 0 Å². The molecule has 2 aromatic heterocycles. The van der Waals surface area contributed by atoms with Gasteiger partial charge < -0.3 is 0 Å². The summed E-state index contributed by atoms with van der Waals surface area (Å²) in [7, 11) is 0. The maximum atomic E-state index is 13.3. The van der Waals surface area contributed by atoms with Gasteiger partial charge in [-0.25, -0.2) is 14.1 Å². The molecule has 2 heterocycles. The molecule has 1 N–H and O–H groups in total. The highest BCUT2D eigenvalue weighted by Crippen LogP contribution is 2.25. The number of nitrogens with one attached hydrogen (secondary N) is 1. The average molecular weight is 390 g/mol. The van der Waals surface area contributed by atoms with Crippen LogP contribution in [0.5, 0.6) is 0 Å². The second-order valence-electron chi connectivity index (χ2n) is 5.88. The Balaban J connectivity index is 1.67. The molecule has 138 valence electrons. The van der Waals surface area contributed by atoms with Gasteiger partial charge in [0.25, 0.3) is 0 Å². The lowest BCUT2D eigenvalue weighted by atomic mass is 10.1. The van der Waals surface area contributed by atoms with Gasteiger partial charge >= 0.3 is 0 Å². The molecule has 0 fully saturated rings. The standard InChI is InChI=1S/C21H15FN4OS/c22-17-9-6-15(7-10-17)20-16(8-11-19(27)24-21-23-12-13-28-21)14-26(25-20)18-4-2-1-3-5-18/h1-14H,(H,23,24,27)/b11-8-. The number of benzene rings is 2. The molecule has 0 spiro atoms. The predicted molar refractivity (Wildman–Crippen MR) is 109 cm³/mol. The van der Waals surface area contributed by atoms with Gasteiger partial charge in [0.2, 0.25) is 5.91 Å². The van der Waals surface area contributed by atoms with Crippen molar-refractivity contribution >= 4 is 28.5 Å². The summed E-state index contributed by atoms with van der Waals surface area (Å²) in [5.41, 5.74) is 3.04. The first kappa shape index (κ1) is 17.8. The first-order valence-corrected chi connectivity index (χ1v) is 9.36. The SMILES string of the molecule is O=C(/C=C\c1cn(-c2ccccc2)nc1-c1ccc(F)cc1)Nc1nccs1. The Bertz CT molecular complexity index is 1100. The highest BCUT2D eigenvalue weighted by molar-refractivity contribution is 7.13. The third-order valence-electron chi connectivity index (χ3n) is 3.96. The van der Waals surface area contributed by atoms with E-state index >= 15 is 0 Å². The zero-order valence-electron chi connectivity index (χ0n) is 14.6. The third-order valence-corrected chi connectivity index (χ3v) is 4.65. The van der Waals surface area contributed by atoms with Crippen LogP contribution >= 0.6 is 11.3 Å². The van der Waals surface area contributed by atoms with E-state index in [1.807, 2.05) is 36.5 Å². The van der Waals surface area contributed by atoms with Gasteiger partial charge in [0.05, 0.1) is 11.4 Å². The van der Waals surface area contributed by atoms with Crippen LogP contribution in [0.15, 0.2) is 78.4 Å². The Morgan fingerprint density at radius 2 is 1.89 bits per heavy atom. The fourth-order valence-electron chi connectivity index (χ4n) is 2.65. The van der Waals surface area contributed by atoms with Crippen molar-refractivity contribution in [2.75, 3.05) is 5.32 Å². The Labute approximate surface area is 164 Å². The van der Waals surface area contributed by atoms with Crippen LogP contribution in [0.4, 0.5) is 9.52 Å². The fraction of sp³-hybridized carbons (Fsp3) is 0. The predicted octanol–water partition coefficient (Wildman–Crippen LogP) is 4.79. The van der Waals surface area contributed by atoms with Crippen molar-refractivity contribution in [1.82, 2.24) is 14.8 Å². The first-order chi connectivity index (χ1) is 13.7. The minimum atomic E-state index is -0.314. The van der Waals surface area contributed by atoms with Crippen molar-refractivity contribution in [3.63, 3.8) is 0 Å². The van der Waals surface area contributed by atoms with E-state index in [2.05, 4.69) is 15.4 Å². The molecule has 1 amide bonds. The molecule has 0 aliphatic heterocycles. The Hall–Kier alpha value is -3.58. The molecule has 0 saturated carbocycles. The largest absolute Gasteiger partial charge is 0.298 e. The van der Waals surface area contributed by atoms with Crippen molar-refractivity contribution < 1.29 is 9.18 Å². The number of para-hydroxylation sites is 1. The fourth-order valence-corrected chi connectivity index (χ4v) is 3.18. The van der Waals surface area contributed by atoms with E-state index in [-0.39, 0.29) is 11.7 Å². The molecule has 2 aromatic carbocycles. The summed E-state index contributed by atoms with van der Waals surface area (Å²) in [4.78, 5) is 16.2. The van der Waals surface area contributed by atoms with Crippen LogP contribution in [0.1, 0.15) is 5.56 Å². The van der Waals surface area contributed by atoms with Crippen LogP contribution in [0.3, 0.4) is 0 Å². The monoisotopic (exact) mass is 390 g/mol. The average Bonchev–Trinajstić information content (AvgIpc) is 3.38. The van der Waals surface area contributed by atoms with E-state index in [1.54, 1.807) is 34.5 Å². The van der Waals surface area contributed by atoms with Gasteiger partial charge in [-0.1, -0.05) is 18.2 Å². The number of carbonyl (C=O) groups is 1. The number of nitrogens with zero attached hydrogens (tertiary/aromatic N) is 3. The lowest BCUT2D eigenvalue weighted by Gasteiger charge is -2.00. The van der Waals surface area contributed by atoms with Gasteiger partial charge in [0.15, 0.2) is 5.13 Å². The van der Waals surface area contributed by atoms with E-state index in [0.717, 1.165) is 16.8 Å². The number of halogens is 1. The molecular formula is C21H15FN4OS. The quantitative estimate of drug-likeness (QED) is 0.499. The number of hydrogen-bond acceptors (Lipinski definition) is 4. The van der Waals surface area contributed by atoms with Gasteiger partial charge in [-0.05, 0) is 42.5 Å². The zero-order valence-corrected chi connectivity index (χ0v) is 15.4. The minimum absolute atomic E-state index is 0.285. The summed E-state index contributed by atoms with van der Waals surface area (Å²) in [6, 6.07) is 15.8. The lowest BCUT2D eigenvalue weighted by molar-refractivity contribution is -0.111. The molecule has 0 saturated heterocycles. The molecule has 0 bridgehead atoms. The number of thiazole rings is 1. The molecule has 5 nitrogen and oxygen atoms in total. The smallest absolute Gasteiger partial charge is 0.250 e. The summed E-state index contributed by atoms with van der Waals surface area (Å²) in [5, 5.41) is 9.66. The number of amides is 1. The topological polar surface area (TPSA) is 59.8 Å². The van der Waals surface area contributed by atoms with E-state index in [9.17, 15) is 9.18 Å². The highest BCUT2D eigenvalue weighted by Gasteiger charge is 2.11. The van der Waals surface area contributed by atoms with E-state index in [1.165, 1.54) is 29.5 Å². The van der Waals surface area contributed by atoms with Crippen molar-refractivity contribution in [1.29, 1.82) is 0 Å². The maximum absolute atomic E-state index is 13.3. The van der Waals surface area contributed by atoms with Crippen LogP contribution < -0.4 is 5.32 Å². The Morgan fingerprint density at radius 1 is 1.11 bits per heavy atom. The molecule has 0 aliphatic carbocycles. The maximum Gasteiger partial charge on any atom is 0.250 e. The number of hydrogen-bond donors (Lipinski definition) is 1. The zero-order chi connectivity index (χ0) is 19.3. The Morgan fingerprint density at radius 3 is 2.61 bits per heavy atom. The van der Waals surface area contributed by atoms with Crippen LogP contribution in [-0.2, 0) is 4.79 Å². The van der Waals surface area contributed by atoms with Crippen LogP contribution in [0.25, 0.3) is 23.0 Å². The van der Waals surface area contributed by atoms with Crippen LogP contribution in [0, 0.1) is 5.82 Å². The Kier molecular flexibility index (Phi) is 5.07. The second-order valence-corrected chi connectivity index (χ2v) is 6.77. The van der Waals surface area contributed by atoms with Gasteiger partial charge in [-0.3, -0.25) is 10.1 Å². The molecule has 28 heavy (non-hydrogen) atoms. The van der Waals surface area contributed by atoms with Gasteiger partial charge in [-0.15, -0.1) is 11.3 Å². The highest BCUT2D eigenvalue weighted by atomic mass is 32.1. The summed E-state index contributed by atoms with van der Waals surface area (Å²) in [6.45, 7) is 0. The summed E-state index contributed by atoms with van der Waals surface area (Å²) in [6.07, 6.45) is 6.58. The second kappa shape index (κ2) is 7.98. The van der Waals surface area contributed by atoms with Crippen molar-refractivity contribution in [3.05, 3.63) is 89.8 Å². The number of carbonyl (C=O) groups excluding carboxylic acids is 1. The number of rotatable bonds is 5. The molecule has 0 atom stereocenters. The summed E-state index contributed by atoms with van der Waals surface area (Å²) >= 11 is 1.35. The summed E-state index contributed by atoms with van der Waals surface area (Å²) in [5.74, 6) is -0.598. The van der Waals surface area contributed by atoms with Crippen molar-refractivity contribution in [2.45, 2.75) is 0 Å². The molecular weight excluding hydrogens is 375 g/mol. The molecule has 0 unspecified atom stereocenters. The first-order valence-electron chi connectivity index (χ1n) is 8.48. The minimum Gasteiger partial charge on any atom is -0.298 e. The lowest BCUT2D eigenvalue weighted by Crippen LogP contribution is -2.07. The van der Waals surface area contributed by atoms with E-state index in [0.29, 0.717) is 10.8 Å². The summed E-state index contributed by atoms with van der Waals surface area (Å²) < 4.78 is 15.0. The number of anilines is 1. The molecule has 0 radical (unpaired) electrons. The van der Waals surface area contributed by atoms with Crippen molar-refractivity contribution in [3.8, 4) is 16.9 Å². The molecule has 4 rings (SSSR count). The number of aromatic nitrogens is 3.